The van der Waals surface area contributed by atoms with Crippen LogP contribution in [0.2, 0.25) is 5.02 Å². The van der Waals surface area contributed by atoms with Gasteiger partial charge in [-0.2, -0.15) is 4.98 Å². The van der Waals surface area contributed by atoms with Crippen molar-refractivity contribution >= 4 is 34.9 Å². The molecule has 0 aliphatic carbocycles. The molecule has 3 aromatic rings. The summed E-state index contributed by atoms with van der Waals surface area (Å²) in [5.74, 6) is 1.30. The number of hydrogen-bond acceptors (Lipinski definition) is 7. The topological polar surface area (TPSA) is 81.2 Å². The quantitative estimate of drug-likeness (QED) is 0.669. The lowest BCUT2D eigenvalue weighted by Crippen LogP contribution is -2.03. The second-order valence-corrected chi connectivity index (χ2v) is 5.49. The number of nitrogens with one attached hydrogen (secondary N) is 2. The molecule has 1 aromatic heterocycles. The first-order valence-electron chi connectivity index (χ1n) is 7.49. The number of ether oxygens (including phenoxy) is 2. The van der Waals surface area contributed by atoms with Crippen LogP contribution < -0.4 is 20.1 Å². The molecule has 0 aliphatic heterocycles. The van der Waals surface area contributed by atoms with Gasteiger partial charge in [-0.1, -0.05) is 11.6 Å². The van der Waals surface area contributed by atoms with Gasteiger partial charge in [-0.15, -0.1) is 0 Å². The second kappa shape index (κ2) is 7.83. The summed E-state index contributed by atoms with van der Waals surface area (Å²) in [5.41, 5.74) is 1.27. The van der Waals surface area contributed by atoms with Gasteiger partial charge in [0.2, 0.25) is 11.9 Å². The molecule has 0 bridgehead atoms. The summed E-state index contributed by atoms with van der Waals surface area (Å²) in [7, 11) is 3.12. The van der Waals surface area contributed by atoms with Gasteiger partial charge in [0.1, 0.15) is 12.1 Å². The largest absolute Gasteiger partial charge is 0.493 e. The van der Waals surface area contributed by atoms with Gasteiger partial charge in [-0.05, 0) is 30.3 Å². The van der Waals surface area contributed by atoms with Gasteiger partial charge in [0.25, 0.3) is 0 Å². The summed E-state index contributed by atoms with van der Waals surface area (Å²) >= 11 is 5.77. The predicted molar refractivity (Wildman–Crippen MR) is 97.3 cm³/mol. The SMILES string of the molecule is COc1ccc(Nc2ncnc(Nc3ccc(F)c(Cl)c3)n2)cc1OC. The summed E-state index contributed by atoms with van der Waals surface area (Å²) in [6.07, 6.45) is 1.35. The van der Waals surface area contributed by atoms with E-state index in [1.54, 1.807) is 32.4 Å². The van der Waals surface area contributed by atoms with Gasteiger partial charge in [0.15, 0.2) is 11.5 Å². The number of anilines is 4. The third kappa shape index (κ3) is 4.09. The van der Waals surface area contributed by atoms with Gasteiger partial charge < -0.3 is 20.1 Å². The maximum absolute atomic E-state index is 13.2. The van der Waals surface area contributed by atoms with Crippen LogP contribution in [0, 0.1) is 5.82 Å². The minimum absolute atomic E-state index is 0.00716. The summed E-state index contributed by atoms with van der Waals surface area (Å²) in [6, 6.07) is 9.57. The van der Waals surface area contributed by atoms with E-state index in [9.17, 15) is 4.39 Å². The molecule has 0 unspecified atom stereocenters. The monoisotopic (exact) mass is 375 g/mol. The van der Waals surface area contributed by atoms with E-state index in [4.69, 9.17) is 21.1 Å². The fourth-order valence-electron chi connectivity index (χ4n) is 2.16. The first-order chi connectivity index (χ1) is 12.6. The Balaban J connectivity index is 1.78. The standard InChI is InChI=1S/C17H15ClFN5O2/c1-25-14-6-4-11(8-15(14)26-2)23-17-21-9-20-16(24-17)22-10-3-5-13(19)12(18)7-10/h3-9H,1-2H3,(H2,20,21,22,23,24). The molecule has 2 N–H and O–H groups in total. The summed E-state index contributed by atoms with van der Waals surface area (Å²) in [6.45, 7) is 0. The molecule has 0 fully saturated rings. The van der Waals surface area contributed by atoms with Crippen molar-refractivity contribution in [2.24, 2.45) is 0 Å². The Hall–Kier alpha value is -3.13. The van der Waals surface area contributed by atoms with E-state index >= 15 is 0 Å². The second-order valence-electron chi connectivity index (χ2n) is 5.08. The number of rotatable bonds is 6. The van der Waals surface area contributed by atoms with Crippen LogP contribution >= 0.6 is 11.6 Å². The van der Waals surface area contributed by atoms with Crippen LogP contribution in [0.25, 0.3) is 0 Å². The third-order valence-electron chi connectivity index (χ3n) is 3.39. The first-order valence-corrected chi connectivity index (χ1v) is 7.87. The lowest BCUT2D eigenvalue weighted by Gasteiger charge is -2.11. The molecule has 0 radical (unpaired) electrons. The highest BCUT2D eigenvalue weighted by Gasteiger charge is 2.07. The fourth-order valence-corrected chi connectivity index (χ4v) is 2.34. The molecule has 7 nitrogen and oxygen atoms in total. The number of benzene rings is 2. The molecule has 3 rings (SSSR count). The molecule has 2 aromatic carbocycles. The average molecular weight is 376 g/mol. The third-order valence-corrected chi connectivity index (χ3v) is 3.68. The molecule has 0 saturated heterocycles. The van der Waals surface area contributed by atoms with Crippen molar-refractivity contribution in [1.29, 1.82) is 0 Å². The minimum Gasteiger partial charge on any atom is -0.493 e. The van der Waals surface area contributed by atoms with E-state index in [1.807, 2.05) is 0 Å². The van der Waals surface area contributed by atoms with Crippen LogP contribution in [0.5, 0.6) is 11.5 Å². The van der Waals surface area contributed by atoms with E-state index in [-0.39, 0.29) is 11.0 Å². The highest BCUT2D eigenvalue weighted by atomic mass is 35.5. The summed E-state index contributed by atoms with van der Waals surface area (Å²) < 4.78 is 23.7. The van der Waals surface area contributed by atoms with E-state index in [0.29, 0.717) is 28.8 Å². The molecule has 134 valence electrons. The molecule has 26 heavy (non-hydrogen) atoms. The Morgan fingerprint density at radius 2 is 1.50 bits per heavy atom. The number of nitrogens with zero attached hydrogens (tertiary/aromatic N) is 3. The zero-order chi connectivity index (χ0) is 18.5. The number of methoxy groups -OCH3 is 2. The van der Waals surface area contributed by atoms with Crippen molar-refractivity contribution < 1.29 is 13.9 Å². The van der Waals surface area contributed by atoms with Gasteiger partial charge in [0, 0.05) is 17.4 Å². The zero-order valence-corrected chi connectivity index (χ0v) is 14.7. The van der Waals surface area contributed by atoms with Crippen LogP contribution in [0.1, 0.15) is 0 Å². The highest BCUT2D eigenvalue weighted by Crippen LogP contribution is 2.30. The normalized spacial score (nSPS) is 10.3. The van der Waals surface area contributed by atoms with Gasteiger partial charge in [-0.3, -0.25) is 0 Å². The molecule has 0 spiro atoms. The molecule has 0 saturated carbocycles. The van der Waals surface area contributed by atoms with E-state index in [1.165, 1.54) is 24.5 Å². The van der Waals surface area contributed by atoms with Crippen LogP contribution in [-0.4, -0.2) is 29.2 Å². The zero-order valence-electron chi connectivity index (χ0n) is 14.0. The Kier molecular flexibility index (Phi) is 5.33. The molecule has 0 amide bonds. The van der Waals surface area contributed by atoms with Crippen LogP contribution in [0.15, 0.2) is 42.7 Å². The maximum atomic E-state index is 13.2. The van der Waals surface area contributed by atoms with E-state index in [0.717, 1.165) is 0 Å². The van der Waals surface area contributed by atoms with Crippen LogP contribution in [0.3, 0.4) is 0 Å². The van der Waals surface area contributed by atoms with Crippen molar-refractivity contribution in [3.05, 3.63) is 53.6 Å². The van der Waals surface area contributed by atoms with E-state index in [2.05, 4.69) is 25.6 Å². The maximum Gasteiger partial charge on any atom is 0.232 e. The van der Waals surface area contributed by atoms with E-state index < -0.39 is 5.82 Å². The molecule has 0 aliphatic rings. The average Bonchev–Trinajstić information content (AvgIpc) is 2.65. The number of aromatic nitrogens is 3. The molecular weight excluding hydrogens is 361 g/mol. The van der Waals surface area contributed by atoms with Crippen molar-refractivity contribution in [3.8, 4) is 11.5 Å². The summed E-state index contributed by atoms with van der Waals surface area (Å²) in [5, 5.41) is 6.00. The fraction of sp³-hybridized carbons (Fsp3) is 0.118. The molecular formula is C17H15ClFN5O2. The lowest BCUT2D eigenvalue weighted by atomic mass is 10.3. The molecule has 9 heteroatoms. The van der Waals surface area contributed by atoms with Crippen LogP contribution in [0.4, 0.5) is 27.7 Å². The van der Waals surface area contributed by atoms with Gasteiger partial charge >= 0.3 is 0 Å². The Morgan fingerprint density at radius 3 is 2.12 bits per heavy atom. The van der Waals surface area contributed by atoms with Crippen molar-refractivity contribution in [2.75, 3.05) is 24.9 Å². The van der Waals surface area contributed by atoms with Gasteiger partial charge in [-0.25, -0.2) is 14.4 Å². The lowest BCUT2D eigenvalue weighted by molar-refractivity contribution is 0.355. The van der Waals surface area contributed by atoms with Crippen molar-refractivity contribution in [2.45, 2.75) is 0 Å². The van der Waals surface area contributed by atoms with Crippen molar-refractivity contribution in [3.63, 3.8) is 0 Å². The smallest absolute Gasteiger partial charge is 0.232 e. The Bertz CT molecular complexity index is 925. The number of hydrogen-bond donors (Lipinski definition) is 2. The van der Waals surface area contributed by atoms with Crippen molar-refractivity contribution in [1.82, 2.24) is 15.0 Å². The predicted octanol–water partition coefficient (Wildman–Crippen LogP) is 4.17. The number of halogens is 2. The highest BCUT2D eigenvalue weighted by molar-refractivity contribution is 6.31. The minimum atomic E-state index is -0.497. The Labute approximate surface area is 154 Å². The van der Waals surface area contributed by atoms with Gasteiger partial charge in [0.05, 0.1) is 19.2 Å². The first kappa shape index (κ1) is 17.7. The van der Waals surface area contributed by atoms with Crippen LogP contribution in [-0.2, 0) is 0 Å². The Morgan fingerprint density at radius 1 is 0.885 bits per heavy atom. The molecule has 1 heterocycles. The summed E-state index contributed by atoms with van der Waals surface area (Å²) in [4.78, 5) is 12.4. The molecule has 0 atom stereocenters.